The Morgan fingerprint density at radius 2 is 2.29 bits per heavy atom. The van der Waals surface area contributed by atoms with Crippen LogP contribution in [-0.2, 0) is 11.3 Å². The largest absolute Gasteiger partial charge is 0.383 e. The normalized spacial score (nSPS) is 10.8. The lowest BCUT2D eigenvalue weighted by molar-refractivity contribution is 0.0995. The molecule has 0 aliphatic rings. The van der Waals surface area contributed by atoms with Crippen molar-refractivity contribution in [2.24, 2.45) is 5.73 Å². The van der Waals surface area contributed by atoms with Gasteiger partial charge in [0.25, 0.3) is 5.91 Å². The molecule has 1 heterocycles. The van der Waals surface area contributed by atoms with Gasteiger partial charge in [0.1, 0.15) is 5.69 Å². The maximum atomic E-state index is 11.1. The smallest absolute Gasteiger partial charge is 0.269 e. The second kappa shape index (κ2) is 7.21. The lowest BCUT2D eigenvalue weighted by Gasteiger charge is -2.12. The number of aromatic nitrogens is 2. The van der Waals surface area contributed by atoms with E-state index in [1.807, 2.05) is 18.2 Å². The first-order valence-electron chi connectivity index (χ1n) is 6.46. The number of hydrogen-bond donors (Lipinski definition) is 2. The first-order valence-corrected chi connectivity index (χ1v) is 6.84. The summed E-state index contributed by atoms with van der Waals surface area (Å²) in [6.07, 6.45) is 1.68. The minimum atomic E-state index is -0.560. The van der Waals surface area contributed by atoms with Crippen LogP contribution < -0.4 is 11.1 Å². The van der Waals surface area contributed by atoms with E-state index in [-0.39, 0.29) is 5.69 Å². The molecule has 2 rings (SSSR count). The summed E-state index contributed by atoms with van der Waals surface area (Å²) in [5, 5.41) is 8.03. The molecule has 0 aliphatic carbocycles. The number of rotatable bonds is 7. The van der Waals surface area contributed by atoms with Gasteiger partial charge < -0.3 is 15.8 Å². The van der Waals surface area contributed by atoms with Gasteiger partial charge in [-0.25, -0.2) is 4.68 Å². The van der Waals surface area contributed by atoms with Crippen molar-refractivity contribution < 1.29 is 9.53 Å². The molecule has 0 spiro atoms. The third-order valence-electron chi connectivity index (χ3n) is 2.97. The van der Waals surface area contributed by atoms with Gasteiger partial charge in [-0.3, -0.25) is 4.79 Å². The van der Waals surface area contributed by atoms with Gasteiger partial charge in [-0.15, -0.1) is 0 Å². The molecule has 6 nitrogen and oxygen atoms in total. The monoisotopic (exact) mass is 308 g/mol. The molecule has 1 aromatic carbocycles. The van der Waals surface area contributed by atoms with Gasteiger partial charge in [0.15, 0.2) is 0 Å². The van der Waals surface area contributed by atoms with Crippen molar-refractivity contribution in [3.8, 4) is 5.69 Å². The summed E-state index contributed by atoms with van der Waals surface area (Å²) in [6, 6.07) is 7.11. The van der Waals surface area contributed by atoms with E-state index in [0.717, 1.165) is 11.3 Å². The number of methoxy groups -OCH3 is 1. The van der Waals surface area contributed by atoms with E-state index >= 15 is 0 Å². The zero-order valence-corrected chi connectivity index (χ0v) is 12.4. The molecule has 0 saturated carbocycles. The van der Waals surface area contributed by atoms with Gasteiger partial charge >= 0.3 is 0 Å². The second-order valence-corrected chi connectivity index (χ2v) is 4.82. The Morgan fingerprint density at radius 1 is 1.48 bits per heavy atom. The van der Waals surface area contributed by atoms with Crippen LogP contribution in [0, 0.1) is 0 Å². The summed E-state index contributed by atoms with van der Waals surface area (Å²) in [5.41, 5.74) is 7.14. The average molecular weight is 309 g/mol. The average Bonchev–Trinajstić information content (AvgIpc) is 2.94. The number of carbonyl (C=O) groups excluding carboxylic acids is 1. The van der Waals surface area contributed by atoms with E-state index in [0.29, 0.717) is 24.7 Å². The minimum Gasteiger partial charge on any atom is -0.383 e. The third-order valence-corrected chi connectivity index (χ3v) is 3.32. The van der Waals surface area contributed by atoms with Crippen LogP contribution >= 0.6 is 11.6 Å². The molecule has 0 aliphatic heterocycles. The number of nitrogens with zero attached hydrogens (tertiary/aromatic N) is 2. The fourth-order valence-electron chi connectivity index (χ4n) is 1.91. The van der Waals surface area contributed by atoms with Gasteiger partial charge in [0, 0.05) is 37.0 Å². The zero-order chi connectivity index (χ0) is 15.2. The molecule has 3 N–H and O–H groups in total. The van der Waals surface area contributed by atoms with Crippen LogP contribution in [0.2, 0.25) is 5.02 Å². The Balaban J connectivity index is 2.25. The predicted octanol–water partition coefficient (Wildman–Crippen LogP) is 1.36. The second-order valence-electron chi connectivity index (χ2n) is 4.42. The van der Waals surface area contributed by atoms with E-state index in [4.69, 9.17) is 22.1 Å². The van der Waals surface area contributed by atoms with Crippen LogP contribution in [0.1, 0.15) is 16.1 Å². The molecule has 0 bridgehead atoms. The number of ether oxygens (including phenoxy) is 1. The molecular formula is C14H17ClN4O2. The van der Waals surface area contributed by atoms with Crippen molar-refractivity contribution in [1.29, 1.82) is 0 Å². The van der Waals surface area contributed by atoms with Crippen molar-refractivity contribution in [1.82, 2.24) is 15.1 Å². The Morgan fingerprint density at radius 3 is 2.95 bits per heavy atom. The predicted molar refractivity (Wildman–Crippen MR) is 80.7 cm³/mol. The Bertz CT molecular complexity index is 627. The molecular weight excluding hydrogens is 292 g/mol. The number of nitrogens with one attached hydrogen (secondary N) is 1. The first-order chi connectivity index (χ1) is 10.1. The van der Waals surface area contributed by atoms with Crippen LogP contribution in [0.4, 0.5) is 0 Å². The molecule has 21 heavy (non-hydrogen) atoms. The van der Waals surface area contributed by atoms with Crippen molar-refractivity contribution in [3.63, 3.8) is 0 Å². The van der Waals surface area contributed by atoms with E-state index < -0.39 is 5.91 Å². The van der Waals surface area contributed by atoms with E-state index in [2.05, 4.69) is 10.4 Å². The van der Waals surface area contributed by atoms with Gasteiger partial charge in [0.05, 0.1) is 12.3 Å². The molecule has 0 radical (unpaired) electrons. The van der Waals surface area contributed by atoms with E-state index in [1.165, 1.54) is 0 Å². The van der Waals surface area contributed by atoms with Gasteiger partial charge in [-0.05, 0) is 18.2 Å². The molecule has 2 aromatic rings. The Labute approximate surface area is 127 Å². The summed E-state index contributed by atoms with van der Waals surface area (Å²) in [7, 11) is 1.65. The maximum Gasteiger partial charge on any atom is 0.269 e. The highest BCUT2D eigenvalue weighted by Gasteiger charge is 2.11. The summed E-state index contributed by atoms with van der Waals surface area (Å²) in [4.78, 5) is 11.1. The molecule has 7 heteroatoms. The Kier molecular flexibility index (Phi) is 5.32. The lowest BCUT2D eigenvalue weighted by atomic mass is 10.1. The van der Waals surface area contributed by atoms with Crippen molar-refractivity contribution in [2.45, 2.75) is 6.54 Å². The summed E-state index contributed by atoms with van der Waals surface area (Å²) in [5.74, 6) is -0.560. The minimum absolute atomic E-state index is 0.216. The summed E-state index contributed by atoms with van der Waals surface area (Å²) < 4.78 is 6.59. The van der Waals surface area contributed by atoms with Crippen LogP contribution in [0.3, 0.4) is 0 Å². The van der Waals surface area contributed by atoms with Crippen LogP contribution in [-0.4, -0.2) is 35.9 Å². The van der Waals surface area contributed by atoms with E-state index in [9.17, 15) is 4.79 Å². The highest BCUT2D eigenvalue weighted by atomic mass is 35.5. The molecule has 1 aromatic heterocycles. The van der Waals surface area contributed by atoms with Crippen molar-refractivity contribution in [2.75, 3.05) is 20.3 Å². The third kappa shape index (κ3) is 3.81. The number of benzene rings is 1. The number of halogens is 1. The number of hydrogen-bond acceptors (Lipinski definition) is 4. The van der Waals surface area contributed by atoms with Crippen LogP contribution in [0.25, 0.3) is 5.69 Å². The molecule has 112 valence electrons. The molecule has 0 fully saturated rings. The van der Waals surface area contributed by atoms with Crippen LogP contribution in [0.5, 0.6) is 0 Å². The van der Waals surface area contributed by atoms with Crippen molar-refractivity contribution >= 4 is 17.5 Å². The topological polar surface area (TPSA) is 82.2 Å². The fraction of sp³-hybridized carbons (Fsp3) is 0.286. The van der Waals surface area contributed by atoms with Crippen molar-refractivity contribution in [3.05, 3.63) is 46.7 Å². The summed E-state index contributed by atoms with van der Waals surface area (Å²) in [6.45, 7) is 1.91. The number of nitrogens with two attached hydrogens (primary N) is 1. The summed E-state index contributed by atoms with van der Waals surface area (Å²) >= 11 is 6.26. The SMILES string of the molecule is COCCNCc1c(Cl)cccc1-n1ccc(C(N)=O)n1. The van der Waals surface area contributed by atoms with Crippen LogP contribution in [0.15, 0.2) is 30.5 Å². The quantitative estimate of drug-likeness (QED) is 0.757. The molecule has 0 saturated heterocycles. The first kappa shape index (κ1) is 15.5. The van der Waals surface area contributed by atoms with E-state index in [1.54, 1.807) is 24.1 Å². The zero-order valence-electron chi connectivity index (χ0n) is 11.7. The molecule has 0 unspecified atom stereocenters. The Hall–Kier alpha value is -1.89. The van der Waals surface area contributed by atoms with Gasteiger partial charge in [-0.2, -0.15) is 5.10 Å². The highest BCUT2D eigenvalue weighted by molar-refractivity contribution is 6.31. The highest BCUT2D eigenvalue weighted by Crippen LogP contribution is 2.23. The standard InChI is InChI=1S/C14H17ClN4O2/c1-21-8-6-17-9-10-11(15)3-2-4-13(10)19-7-5-12(18-19)14(16)20/h2-5,7,17H,6,8-9H2,1H3,(H2,16,20). The maximum absolute atomic E-state index is 11.1. The molecule has 1 amide bonds. The number of primary amides is 1. The fourth-order valence-corrected chi connectivity index (χ4v) is 2.15. The molecule has 0 atom stereocenters. The number of amides is 1. The van der Waals surface area contributed by atoms with Gasteiger partial charge in [0.2, 0.25) is 0 Å². The van der Waals surface area contributed by atoms with Gasteiger partial charge in [-0.1, -0.05) is 17.7 Å². The lowest BCUT2D eigenvalue weighted by Crippen LogP contribution is -2.20. The number of carbonyl (C=O) groups is 1.